The van der Waals surface area contributed by atoms with E-state index in [2.05, 4.69) is 4.72 Å². The van der Waals surface area contributed by atoms with E-state index in [1.807, 2.05) is 18.4 Å². The van der Waals surface area contributed by atoms with Crippen LogP contribution in [0.5, 0.6) is 0 Å². The van der Waals surface area contributed by atoms with E-state index in [-0.39, 0.29) is 17.0 Å². The summed E-state index contributed by atoms with van der Waals surface area (Å²) in [4.78, 5) is 1.03. The molecule has 23 heavy (non-hydrogen) atoms. The third-order valence-corrected chi connectivity index (χ3v) is 5.57. The van der Waals surface area contributed by atoms with Crippen LogP contribution in [0.1, 0.15) is 17.2 Å². The van der Waals surface area contributed by atoms with Crippen molar-refractivity contribution in [3.05, 3.63) is 59.4 Å². The van der Waals surface area contributed by atoms with Crippen LogP contribution in [0.4, 0.5) is 4.39 Å². The lowest BCUT2D eigenvalue weighted by Gasteiger charge is -2.13. The van der Waals surface area contributed by atoms with Crippen LogP contribution in [0.3, 0.4) is 0 Å². The Hall–Kier alpha value is -1.41. The maximum absolute atomic E-state index is 13.2. The van der Waals surface area contributed by atoms with Crippen LogP contribution in [0.2, 0.25) is 0 Å². The molecule has 0 aliphatic rings. The minimum absolute atomic E-state index is 0.0265. The maximum Gasteiger partial charge on any atom is 0.240 e. The van der Waals surface area contributed by atoms with E-state index in [0.29, 0.717) is 5.56 Å². The largest absolute Gasteiger partial charge is 0.387 e. The van der Waals surface area contributed by atoms with Crippen LogP contribution in [-0.2, 0) is 10.0 Å². The Morgan fingerprint density at radius 2 is 1.87 bits per heavy atom. The summed E-state index contributed by atoms with van der Waals surface area (Å²) < 4.78 is 39.9. The highest BCUT2D eigenvalue weighted by Gasteiger charge is 2.17. The summed E-state index contributed by atoms with van der Waals surface area (Å²) in [5.41, 5.74) is 0.877. The lowest BCUT2D eigenvalue weighted by atomic mass is 10.1. The normalized spacial score (nSPS) is 13.0. The summed E-state index contributed by atoms with van der Waals surface area (Å²) in [5.74, 6) is -0.460. The van der Waals surface area contributed by atoms with Gasteiger partial charge in [-0.3, -0.25) is 0 Å². The summed E-state index contributed by atoms with van der Waals surface area (Å²) in [7, 11) is -3.80. The average molecular weight is 355 g/mol. The first-order valence-electron chi connectivity index (χ1n) is 6.91. The van der Waals surface area contributed by atoms with Gasteiger partial charge < -0.3 is 5.11 Å². The fourth-order valence-corrected chi connectivity index (χ4v) is 3.53. The maximum atomic E-state index is 13.2. The zero-order valence-corrected chi connectivity index (χ0v) is 14.4. The Morgan fingerprint density at radius 1 is 1.22 bits per heavy atom. The van der Waals surface area contributed by atoms with Gasteiger partial charge in [-0.25, -0.2) is 17.5 Å². The van der Waals surface area contributed by atoms with E-state index >= 15 is 0 Å². The van der Waals surface area contributed by atoms with Gasteiger partial charge >= 0.3 is 0 Å². The number of nitrogens with one attached hydrogen (secondary N) is 1. The molecule has 0 aliphatic carbocycles. The molecule has 4 nitrogen and oxygen atoms in total. The van der Waals surface area contributed by atoms with Crippen molar-refractivity contribution in [1.82, 2.24) is 4.72 Å². The van der Waals surface area contributed by atoms with Gasteiger partial charge in [0.1, 0.15) is 5.82 Å². The van der Waals surface area contributed by atoms with Crippen molar-refractivity contribution in [1.29, 1.82) is 0 Å². The second kappa shape index (κ2) is 7.44. The highest BCUT2D eigenvalue weighted by atomic mass is 32.2. The molecule has 7 heteroatoms. The Morgan fingerprint density at radius 3 is 2.43 bits per heavy atom. The number of sulfonamides is 1. The molecule has 2 aromatic carbocycles. The Labute approximate surface area is 139 Å². The monoisotopic (exact) mass is 355 g/mol. The first-order valence-corrected chi connectivity index (χ1v) is 9.62. The molecule has 124 valence electrons. The number of hydrogen-bond donors (Lipinski definition) is 2. The summed E-state index contributed by atoms with van der Waals surface area (Å²) in [6, 6.07) is 10.8. The number of thioether (sulfide) groups is 1. The van der Waals surface area contributed by atoms with E-state index in [0.717, 1.165) is 11.0 Å². The van der Waals surface area contributed by atoms with Gasteiger partial charge in [0.2, 0.25) is 10.0 Å². The van der Waals surface area contributed by atoms with Crippen molar-refractivity contribution >= 4 is 21.8 Å². The number of aliphatic hydroxyl groups excluding tert-OH is 1. The molecular formula is C16H18FNO3S2. The summed E-state index contributed by atoms with van der Waals surface area (Å²) in [6.07, 6.45) is 0.992. The van der Waals surface area contributed by atoms with Crippen molar-refractivity contribution in [3.8, 4) is 0 Å². The van der Waals surface area contributed by atoms with E-state index in [4.69, 9.17) is 0 Å². The zero-order chi connectivity index (χ0) is 17.0. The van der Waals surface area contributed by atoms with Gasteiger partial charge in [-0.15, -0.1) is 11.8 Å². The molecule has 0 saturated heterocycles. The van der Waals surface area contributed by atoms with Crippen LogP contribution in [0.25, 0.3) is 0 Å². The highest BCUT2D eigenvalue weighted by molar-refractivity contribution is 7.98. The van der Waals surface area contributed by atoms with Gasteiger partial charge in [-0.2, -0.15) is 0 Å². The van der Waals surface area contributed by atoms with E-state index in [9.17, 15) is 17.9 Å². The molecule has 0 bridgehead atoms. The molecular weight excluding hydrogens is 337 g/mol. The molecule has 2 rings (SSSR count). The first-order chi connectivity index (χ1) is 10.8. The standard InChI is InChI=1S/C16H18FNO3S2/c1-11-9-14(7-8-15(11)17)23(20,21)18-10-16(19)12-3-5-13(22-2)6-4-12/h3-9,16,18-19H,10H2,1-2H3. The van der Waals surface area contributed by atoms with Gasteiger partial charge in [0.05, 0.1) is 11.0 Å². The van der Waals surface area contributed by atoms with Crippen molar-refractivity contribution < 1.29 is 17.9 Å². The van der Waals surface area contributed by atoms with Crippen LogP contribution >= 0.6 is 11.8 Å². The summed E-state index contributed by atoms with van der Waals surface area (Å²) in [5, 5.41) is 10.1. The Balaban J connectivity index is 2.06. The Bertz CT molecular complexity index is 776. The van der Waals surface area contributed by atoms with Crippen LogP contribution < -0.4 is 4.72 Å². The average Bonchev–Trinajstić information content (AvgIpc) is 2.55. The lowest BCUT2D eigenvalue weighted by molar-refractivity contribution is 0.182. The number of aliphatic hydroxyl groups is 1. The molecule has 0 fully saturated rings. The predicted molar refractivity (Wildman–Crippen MR) is 89.5 cm³/mol. The SMILES string of the molecule is CSc1ccc(C(O)CNS(=O)(=O)c2ccc(F)c(C)c2)cc1. The van der Waals surface area contributed by atoms with Crippen molar-refractivity contribution in [2.24, 2.45) is 0 Å². The molecule has 0 aliphatic heterocycles. The zero-order valence-electron chi connectivity index (χ0n) is 12.8. The molecule has 0 spiro atoms. The fraction of sp³-hybridized carbons (Fsp3) is 0.250. The number of aryl methyl sites for hydroxylation is 1. The van der Waals surface area contributed by atoms with Gasteiger partial charge in [0.25, 0.3) is 0 Å². The van der Waals surface area contributed by atoms with Crippen LogP contribution in [-0.4, -0.2) is 26.3 Å². The predicted octanol–water partition coefficient (Wildman–Crippen LogP) is 2.87. The number of rotatable bonds is 6. The van der Waals surface area contributed by atoms with Gasteiger partial charge in [-0.05, 0) is 54.6 Å². The van der Waals surface area contributed by atoms with Gasteiger partial charge in [0.15, 0.2) is 0 Å². The number of benzene rings is 2. The summed E-state index contributed by atoms with van der Waals surface area (Å²) in [6.45, 7) is 1.34. The molecule has 0 amide bonds. The molecule has 0 radical (unpaired) electrons. The third-order valence-electron chi connectivity index (χ3n) is 3.41. The number of halogens is 1. The Kier molecular flexibility index (Phi) is 5.80. The van der Waals surface area contributed by atoms with E-state index in [1.165, 1.54) is 19.1 Å². The minimum atomic E-state index is -3.80. The smallest absolute Gasteiger partial charge is 0.240 e. The molecule has 1 unspecified atom stereocenters. The number of hydrogen-bond acceptors (Lipinski definition) is 4. The topological polar surface area (TPSA) is 66.4 Å². The second-order valence-corrected chi connectivity index (χ2v) is 7.70. The van der Waals surface area contributed by atoms with Crippen molar-refractivity contribution in [2.75, 3.05) is 12.8 Å². The molecule has 0 heterocycles. The lowest BCUT2D eigenvalue weighted by Crippen LogP contribution is -2.28. The second-order valence-electron chi connectivity index (χ2n) is 5.05. The van der Waals surface area contributed by atoms with E-state index < -0.39 is 21.9 Å². The van der Waals surface area contributed by atoms with E-state index in [1.54, 1.807) is 23.9 Å². The molecule has 2 aromatic rings. The quantitative estimate of drug-likeness (QED) is 0.782. The highest BCUT2D eigenvalue weighted by Crippen LogP contribution is 2.19. The molecule has 1 atom stereocenters. The van der Waals surface area contributed by atoms with Gasteiger partial charge in [-0.1, -0.05) is 12.1 Å². The molecule has 0 saturated carbocycles. The fourth-order valence-electron chi connectivity index (χ4n) is 2.00. The third kappa shape index (κ3) is 4.54. The summed E-state index contributed by atoms with van der Waals surface area (Å²) >= 11 is 1.58. The minimum Gasteiger partial charge on any atom is -0.387 e. The van der Waals surface area contributed by atoms with Crippen LogP contribution in [0, 0.1) is 12.7 Å². The van der Waals surface area contributed by atoms with Crippen LogP contribution in [0.15, 0.2) is 52.3 Å². The van der Waals surface area contributed by atoms with Crippen molar-refractivity contribution in [3.63, 3.8) is 0 Å². The first kappa shape index (κ1) is 17.9. The molecule has 2 N–H and O–H groups in total. The van der Waals surface area contributed by atoms with Gasteiger partial charge in [0, 0.05) is 11.4 Å². The van der Waals surface area contributed by atoms with Crippen molar-refractivity contribution in [2.45, 2.75) is 22.8 Å². The molecule has 0 aromatic heterocycles.